The highest BCUT2D eigenvalue weighted by Crippen LogP contribution is 2.42. The van der Waals surface area contributed by atoms with Gasteiger partial charge in [0.05, 0.1) is 17.8 Å². The van der Waals surface area contributed by atoms with Gasteiger partial charge in [-0.2, -0.15) is 5.10 Å². The molecule has 1 aliphatic rings. The number of para-hydroxylation sites is 1. The molecule has 3 aromatic rings. The van der Waals surface area contributed by atoms with Crippen molar-refractivity contribution >= 4 is 17.8 Å². The van der Waals surface area contributed by atoms with E-state index in [4.69, 9.17) is 0 Å². The van der Waals surface area contributed by atoms with Gasteiger partial charge < -0.3 is 15.7 Å². The number of rotatable bonds is 4. The summed E-state index contributed by atoms with van der Waals surface area (Å²) in [4.78, 5) is 25.4. The largest absolute Gasteiger partial charge is 0.391 e. The molecule has 0 saturated heterocycles. The zero-order chi connectivity index (χ0) is 24.6. The monoisotopic (exact) mass is 465 g/mol. The summed E-state index contributed by atoms with van der Waals surface area (Å²) >= 11 is 0. The number of aliphatic hydroxyl groups excluding tert-OH is 1. The first-order valence-corrected chi connectivity index (χ1v) is 11.0. The van der Waals surface area contributed by atoms with Crippen LogP contribution in [0, 0.1) is 12.7 Å². The van der Waals surface area contributed by atoms with Gasteiger partial charge in [0.1, 0.15) is 11.6 Å². The maximum absolute atomic E-state index is 14.0. The van der Waals surface area contributed by atoms with Crippen LogP contribution in [0.1, 0.15) is 53.5 Å². The van der Waals surface area contributed by atoms with Crippen molar-refractivity contribution in [1.82, 2.24) is 20.4 Å². The number of fused-ring (bicyclic) bond motifs is 1. The van der Waals surface area contributed by atoms with Gasteiger partial charge in [-0.25, -0.2) is 13.9 Å². The number of benzene rings is 2. The Bertz CT molecular complexity index is 1240. The van der Waals surface area contributed by atoms with Crippen LogP contribution in [0.5, 0.6) is 0 Å². The van der Waals surface area contributed by atoms with E-state index in [1.54, 1.807) is 25.1 Å². The minimum atomic E-state index is -0.861. The second-order valence-corrected chi connectivity index (χ2v) is 9.11. The van der Waals surface area contributed by atoms with Crippen molar-refractivity contribution in [2.75, 3.05) is 12.4 Å². The lowest BCUT2D eigenvalue weighted by molar-refractivity contribution is 0.0881. The van der Waals surface area contributed by atoms with E-state index in [1.807, 2.05) is 32.0 Å². The van der Waals surface area contributed by atoms with Gasteiger partial charge in [-0.15, -0.1) is 0 Å². The number of amides is 3. The molecule has 1 unspecified atom stereocenters. The Hall–Kier alpha value is -3.72. The summed E-state index contributed by atoms with van der Waals surface area (Å²) in [7, 11) is 1.51. The first kappa shape index (κ1) is 23.4. The molecule has 1 aliphatic carbocycles. The number of carbonyl (C=O) groups excluding carboxylic acids is 2. The molecule has 4 N–H and O–H groups in total. The number of nitrogens with one attached hydrogen (secondary N) is 3. The van der Waals surface area contributed by atoms with E-state index >= 15 is 0 Å². The summed E-state index contributed by atoms with van der Waals surface area (Å²) in [6, 6.07) is 12.2. The topological polar surface area (TPSA) is 108 Å². The van der Waals surface area contributed by atoms with Crippen molar-refractivity contribution < 1.29 is 19.1 Å². The second-order valence-electron chi connectivity index (χ2n) is 9.11. The third-order valence-electron chi connectivity index (χ3n) is 6.27. The third kappa shape index (κ3) is 4.26. The molecule has 34 heavy (non-hydrogen) atoms. The molecule has 0 spiro atoms. The van der Waals surface area contributed by atoms with Crippen LogP contribution in [0.2, 0.25) is 0 Å². The normalized spacial score (nSPS) is 18.6. The highest BCUT2D eigenvalue weighted by Gasteiger charge is 2.39. The fourth-order valence-corrected chi connectivity index (χ4v) is 4.54. The molecule has 178 valence electrons. The van der Waals surface area contributed by atoms with Crippen LogP contribution < -0.4 is 16.0 Å². The van der Waals surface area contributed by atoms with E-state index in [0.29, 0.717) is 29.1 Å². The first-order valence-electron chi connectivity index (χ1n) is 11.0. The van der Waals surface area contributed by atoms with E-state index in [-0.39, 0.29) is 17.4 Å². The molecule has 0 fully saturated rings. The number of carbonyl (C=O) groups is 2. The molecule has 2 aromatic carbocycles. The Labute approximate surface area is 197 Å². The summed E-state index contributed by atoms with van der Waals surface area (Å²) in [5, 5.41) is 23.4. The number of hydrogen-bond acceptors (Lipinski definition) is 4. The number of aliphatic hydroxyl groups is 1. The van der Waals surface area contributed by atoms with Gasteiger partial charge in [-0.1, -0.05) is 38.1 Å². The van der Waals surface area contributed by atoms with Gasteiger partial charge in [0.2, 0.25) is 0 Å². The maximum Gasteiger partial charge on any atom is 0.320 e. The molecule has 0 aliphatic heterocycles. The smallest absolute Gasteiger partial charge is 0.320 e. The number of hydrogen-bond donors (Lipinski definition) is 4. The molecule has 0 bridgehead atoms. The predicted octanol–water partition coefficient (Wildman–Crippen LogP) is 3.58. The molecular formula is C25H28FN5O3. The van der Waals surface area contributed by atoms with E-state index < -0.39 is 23.6 Å². The molecule has 3 amide bonds. The van der Waals surface area contributed by atoms with Crippen molar-refractivity contribution in [1.29, 1.82) is 0 Å². The Morgan fingerprint density at radius 1 is 1.18 bits per heavy atom. The SMILES string of the molecule is CNC(=O)c1nn(-c2ccccc2)c(NC(=O)NC2c3ccc(F)cc3C(C)(C)C[C@H]2O)c1C. The summed E-state index contributed by atoms with van der Waals surface area (Å²) < 4.78 is 15.4. The van der Waals surface area contributed by atoms with Crippen LogP contribution in [-0.2, 0) is 5.41 Å². The lowest BCUT2D eigenvalue weighted by atomic mass is 9.69. The highest BCUT2D eigenvalue weighted by atomic mass is 19.1. The summed E-state index contributed by atoms with van der Waals surface area (Å²) in [5.74, 6) is -0.417. The zero-order valence-corrected chi connectivity index (χ0v) is 19.5. The summed E-state index contributed by atoms with van der Waals surface area (Å²) in [5.41, 5.74) is 2.30. The Morgan fingerprint density at radius 3 is 2.56 bits per heavy atom. The minimum absolute atomic E-state index is 0.182. The third-order valence-corrected chi connectivity index (χ3v) is 6.27. The predicted molar refractivity (Wildman–Crippen MR) is 127 cm³/mol. The molecule has 8 nitrogen and oxygen atoms in total. The van der Waals surface area contributed by atoms with E-state index in [9.17, 15) is 19.1 Å². The van der Waals surface area contributed by atoms with Gasteiger partial charge in [-0.05, 0) is 54.2 Å². The molecule has 2 atom stereocenters. The lowest BCUT2D eigenvalue weighted by Gasteiger charge is -2.40. The average Bonchev–Trinajstić information content (AvgIpc) is 3.12. The Morgan fingerprint density at radius 2 is 1.88 bits per heavy atom. The van der Waals surface area contributed by atoms with E-state index in [1.165, 1.54) is 23.9 Å². The molecule has 9 heteroatoms. The van der Waals surface area contributed by atoms with Crippen molar-refractivity contribution in [3.63, 3.8) is 0 Å². The van der Waals surface area contributed by atoms with Crippen LogP contribution in [0.15, 0.2) is 48.5 Å². The number of urea groups is 1. The van der Waals surface area contributed by atoms with Crippen LogP contribution in [0.25, 0.3) is 5.69 Å². The standard InChI is InChI=1S/C25H28FN5O3/c1-14-20(23(33)27-4)30-31(16-8-6-5-7-9-16)22(14)29-24(34)28-21-17-11-10-15(26)12-18(17)25(2,3)13-19(21)32/h5-12,19,21,32H,13H2,1-4H3,(H,27,33)(H2,28,29,34)/t19-,21?/m1/s1. The summed E-state index contributed by atoms with van der Waals surface area (Å²) in [6.07, 6.45) is -0.504. The number of halogens is 1. The van der Waals surface area contributed by atoms with Gasteiger partial charge in [0.25, 0.3) is 5.91 Å². The highest BCUT2D eigenvalue weighted by molar-refractivity contribution is 5.97. The molecule has 0 saturated carbocycles. The van der Waals surface area contributed by atoms with Crippen molar-refractivity contribution in [2.45, 2.75) is 44.8 Å². The molecular weight excluding hydrogens is 437 g/mol. The zero-order valence-electron chi connectivity index (χ0n) is 19.5. The molecule has 4 rings (SSSR count). The van der Waals surface area contributed by atoms with Crippen LogP contribution in [0.3, 0.4) is 0 Å². The van der Waals surface area contributed by atoms with Crippen molar-refractivity contribution in [3.05, 3.63) is 76.7 Å². The average molecular weight is 466 g/mol. The Kier molecular flexibility index (Phi) is 6.14. The van der Waals surface area contributed by atoms with Gasteiger partial charge in [0, 0.05) is 12.6 Å². The molecule has 1 heterocycles. The molecule has 1 aromatic heterocycles. The first-order chi connectivity index (χ1) is 16.1. The van der Waals surface area contributed by atoms with E-state index in [0.717, 1.165) is 5.56 Å². The number of anilines is 1. The fraction of sp³-hybridized carbons (Fsp3) is 0.320. The maximum atomic E-state index is 14.0. The van der Waals surface area contributed by atoms with Crippen molar-refractivity contribution in [3.8, 4) is 5.69 Å². The molecule has 0 radical (unpaired) electrons. The quantitative estimate of drug-likeness (QED) is 0.472. The second kappa shape index (κ2) is 8.90. The van der Waals surface area contributed by atoms with Gasteiger partial charge in [-0.3, -0.25) is 10.1 Å². The van der Waals surface area contributed by atoms with Gasteiger partial charge >= 0.3 is 6.03 Å². The minimum Gasteiger partial charge on any atom is -0.391 e. The van der Waals surface area contributed by atoms with Crippen LogP contribution >= 0.6 is 0 Å². The van der Waals surface area contributed by atoms with Crippen LogP contribution in [-0.4, -0.2) is 40.0 Å². The Balaban J connectivity index is 1.66. The van der Waals surface area contributed by atoms with Gasteiger partial charge in [0.15, 0.2) is 5.69 Å². The number of nitrogens with zero attached hydrogens (tertiary/aromatic N) is 2. The number of aromatic nitrogens is 2. The van der Waals surface area contributed by atoms with Crippen molar-refractivity contribution in [2.24, 2.45) is 0 Å². The summed E-state index contributed by atoms with van der Waals surface area (Å²) in [6.45, 7) is 5.57. The fourth-order valence-electron chi connectivity index (χ4n) is 4.54. The lowest BCUT2D eigenvalue weighted by Crippen LogP contribution is -2.45. The van der Waals surface area contributed by atoms with Crippen LogP contribution in [0.4, 0.5) is 15.0 Å². The van der Waals surface area contributed by atoms with E-state index in [2.05, 4.69) is 21.0 Å².